The Morgan fingerprint density at radius 1 is 1.24 bits per heavy atom. The normalized spacial score (nSPS) is 20.1. The molecule has 4 heteroatoms. The molecule has 0 saturated carbocycles. The van der Waals surface area contributed by atoms with E-state index in [1.165, 1.54) is 5.56 Å². The zero-order valence-electron chi connectivity index (χ0n) is 11.6. The van der Waals surface area contributed by atoms with Crippen LogP contribution in [0.4, 0.5) is 0 Å². The molecule has 3 rings (SSSR count). The van der Waals surface area contributed by atoms with Crippen molar-refractivity contribution in [2.45, 2.75) is 24.8 Å². The Labute approximate surface area is 137 Å². The van der Waals surface area contributed by atoms with Gasteiger partial charge in [0.1, 0.15) is 0 Å². The molecule has 0 saturated heterocycles. The topological polar surface area (TPSA) is 29.1 Å². The third kappa shape index (κ3) is 2.72. The van der Waals surface area contributed by atoms with Crippen LogP contribution in [-0.4, -0.2) is 11.3 Å². The fourth-order valence-electron chi connectivity index (χ4n) is 2.79. The summed E-state index contributed by atoms with van der Waals surface area (Å²) in [6, 6.07) is 13.6. The lowest BCUT2D eigenvalue weighted by Gasteiger charge is -2.18. The molecular formula is C17H15BrClNO. The smallest absolute Gasteiger partial charge is 0.252 e. The van der Waals surface area contributed by atoms with E-state index < -0.39 is 0 Å². The van der Waals surface area contributed by atoms with Gasteiger partial charge in [0.15, 0.2) is 0 Å². The molecule has 108 valence electrons. The maximum atomic E-state index is 12.5. The molecule has 0 heterocycles. The number of benzene rings is 2. The summed E-state index contributed by atoms with van der Waals surface area (Å²) in [4.78, 5) is 12.5. The van der Waals surface area contributed by atoms with Crippen LogP contribution in [0.25, 0.3) is 0 Å². The van der Waals surface area contributed by atoms with Crippen LogP contribution in [-0.2, 0) is 6.42 Å². The minimum Gasteiger partial charge on any atom is -0.344 e. The van der Waals surface area contributed by atoms with Crippen molar-refractivity contribution in [1.82, 2.24) is 5.32 Å². The van der Waals surface area contributed by atoms with E-state index in [4.69, 9.17) is 11.6 Å². The minimum absolute atomic E-state index is 0.0823. The average molecular weight is 365 g/mol. The molecule has 0 spiro atoms. The highest BCUT2D eigenvalue weighted by Crippen LogP contribution is 2.35. The summed E-state index contributed by atoms with van der Waals surface area (Å²) >= 11 is 9.88. The molecule has 0 aliphatic heterocycles. The SMILES string of the molecule is Cc1c(Br)cccc1C(=O)NC1c2ccccc2CC1Cl. The van der Waals surface area contributed by atoms with Gasteiger partial charge in [0, 0.05) is 10.0 Å². The summed E-state index contributed by atoms with van der Waals surface area (Å²) in [5.41, 5.74) is 3.96. The van der Waals surface area contributed by atoms with Crippen LogP contribution in [0.3, 0.4) is 0 Å². The van der Waals surface area contributed by atoms with Gasteiger partial charge in [-0.2, -0.15) is 0 Å². The molecule has 0 fully saturated rings. The van der Waals surface area contributed by atoms with Gasteiger partial charge in [-0.15, -0.1) is 11.6 Å². The van der Waals surface area contributed by atoms with Gasteiger partial charge in [0.2, 0.25) is 0 Å². The molecule has 21 heavy (non-hydrogen) atoms. The zero-order chi connectivity index (χ0) is 15.0. The third-order valence-electron chi connectivity index (χ3n) is 3.97. The highest BCUT2D eigenvalue weighted by molar-refractivity contribution is 9.10. The van der Waals surface area contributed by atoms with Crippen LogP contribution in [0.15, 0.2) is 46.9 Å². The van der Waals surface area contributed by atoms with Crippen LogP contribution in [0, 0.1) is 6.92 Å². The van der Waals surface area contributed by atoms with Gasteiger partial charge in [0.05, 0.1) is 11.4 Å². The molecule has 0 bridgehead atoms. The molecule has 2 aromatic carbocycles. The molecule has 2 atom stereocenters. The number of hydrogen-bond donors (Lipinski definition) is 1. The lowest BCUT2D eigenvalue weighted by atomic mass is 10.1. The lowest BCUT2D eigenvalue weighted by molar-refractivity contribution is 0.0936. The molecule has 2 nitrogen and oxygen atoms in total. The van der Waals surface area contributed by atoms with Crippen LogP contribution >= 0.6 is 27.5 Å². The van der Waals surface area contributed by atoms with Crippen molar-refractivity contribution >= 4 is 33.4 Å². The van der Waals surface area contributed by atoms with E-state index in [-0.39, 0.29) is 17.3 Å². The largest absolute Gasteiger partial charge is 0.344 e. The summed E-state index contributed by atoms with van der Waals surface area (Å²) < 4.78 is 0.935. The van der Waals surface area contributed by atoms with Gasteiger partial charge in [-0.1, -0.05) is 46.3 Å². The number of hydrogen-bond acceptors (Lipinski definition) is 1. The molecule has 1 aliphatic carbocycles. The summed E-state index contributed by atoms with van der Waals surface area (Å²) in [6.45, 7) is 1.93. The quantitative estimate of drug-likeness (QED) is 0.787. The van der Waals surface area contributed by atoms with E-state index in [1.54, 1.807) is 0 Å². The Bertz CT molecular complexity index is 701. The molecule has 1 aliphatic rings. The first kappa shape index (κ1) is 14.6. The first-order chi connectivity index (χ1) is 10.1. The first-order valence-electron chi connectivity index (χ1n) is 6.86. The minimum atomic E-state index is -0.131. The molecule has 2 aromatic rings. The van der Waals surface area contributed by atoms with Crippen molar-refractivity contribution < 1.29 is 4.79 Å². The zero-order valence-corrected chi connectivity index (χ0v) is 13.9. The van der Waals surface area contributed by atoms with Gasteiger partial charge >= 0.3 is 0 Å². The van der Waals surface area contributed by atoms with Crippen molar-refractivity contribution in [1.29, 1.82) is 0 Å². The summed E-state index contributed by atoms with van der Waals surface area (Å²) in [5.74, 6) is -0.0823. The van der Waals surface area contributed by atoms with E-state index in [1.807, 2.05) is 43.3 Å². The van der Waals surface area contributed by atoms with Gasteiger partial charge < -0.3 is 5.32 Å². The van der Waals surface area contributed by atoms with Crippen molar-refractivity contribution in [3.05, 3.63) is 69.2 Å². The predicted molar refractivity (Wildman–Crippen MR) is 88.9 cm³/mol. The Balaban J connectivity index is 1.87. The second-order valence-electron chi connectivity index (χ2n) is 5.28. The monoisotopic (exact) mass is 363 g/mol. The molecule has 1 N–H and O–H groups in total. The molecule has 2 unspecified atom stereocenters. The predicted octanol–water partition coefficient (Wildman–Crippen LogP) is 4.39. The second-order valence-corrected chi connectivity index (χ2v) is 6.70. The van der Waals surface area contributed by atoms with Crippen LogP contribution in [0.2, 0.25) is 0 Å². The summed E-state index contributed by atoms with van der Waals surface area (Å²) in [5, 5.41) is 2.98. The molecule has 0 aromatic heterocycles. The fourth-order valence-corrected chi connectivity index (χ4v) is 3.52. The number of halogens is 2. The Kier molecular flexibility index (Phi) is 4.05. The highest BCUT2D eigenvalue weighted by Gasteiger charge is 2.32. The second kappa shape index (κ2) is 5.82. The van der Waals surface area contributed by atoms with Crippen molar-refractivity contribution in [2.75, 3.05) is 0 Å². The van der Waals surface area contributed by atoms with E-state index in [0.717, 1.165) is 22.0 Å². The Hall–Kier alpha value is -1.32. The third-order valence-corrected chi connectivity index (χ3v) is 5.23. The molecular weight excluding hydrogens is 350 g/mol. The number of carbonyl (C=O) groups is 1. The van der Waals surface area contributed by atoms with Crippen LogP contribution in [0.5, 0.6) is 0 Å². The van der Waals surface area contributed by atoms with E-state index >= 15 is 0 Å². The van der Waals surface area contributed by atoms with Crippen LogP contribution in [0.1, 0.15) is 33.1 Å². The molecule has 0 radical (unpaired) electrons. The van der Waals surface area contributed by atoms with Crippen LogP contribution < -0.4 is 5.32 Å². The average Bonchev–Trinajstić information content (AvgIpc) is 2.78. The number of alkyl halides is 1. The maximum absolute atomic E-state index is 12.5. The highest BCUT2D eigenvalue weighted by atomic mass is 79.9. The van der Waals surface area contributed by atoms with E-state index in [2.05, 4.69) is 27.3 Å². The standard InChI is InChI=1S/C17H15BrClNO/c1-10-12(7-4-8-14(10)18)17(21)20-16-13-6-3-2-5-11(13)9-15(16)19/h2-8,15-16H,9H2,1H3,(H,20,21). The first-order valence-corrected chi connectivity index (χ1v) is 8.08. The number of nitrogens with one attached hydrogen (secondary N) is 1. The Morgan fingerprint density at radius 3 is 2.81 bits per heavy atom. The van der Waals surface area contributed by atoms with Crippen molar-refractivity contribution in [3.63, 3.8) is 0 Å². The molecule has 1 amide bonds. The van der Waals surface area contributed by atoms with Gasteiger partial charge in [-0.3, -0.25) is 4.79 Å². The Morgan fingerprint density at radius 2 is 2.00 bits per heavy atom. The lowest BCUT2D eigenvalue weighted by Crippen LogP contribution is -2.32. The van der Waals surface area contributed by atoms with Gasteiger partial charge in [0.25, 0.3) is 5.91 Å². The van der Waals surface area contributed by atoms with Gasteiger partial charge in [-0.25, -0.2) is 0 Å². The summed E-state index contributed by atoms with van der Waals surface area (Å²) in [7, 11) is 0. The van der Waals surface area contributed by atoms with Gasteiger partial charge in [-0.05, 0) is 42.2 Å². The van der Waals surface area contributed by atoms with Crippen molar-refractivity contribution in [2.24, 2.45) is 0 Å². The summed E-state index contributed by atoms with van der Waals surface area (Å²) in [6.07, 6.45) is 0.792. The van der Waals surface area contributed by atoms with E-state index in [0.29, 0.717) is 5.56 Å². The maximum Gasteiger partial charge on any atom is 0.252 e. The number of rotatable bonds is 2. The van der Waals surface area contributed by atoms with Crippen molar-refractivity contribution in [3.8, 4) is 0 Å². The number of fused-ring (bicyclic) bond motifs is 1. The van der Waals surface area contributed by atoms with E-state index in [9.17, 15) is 4.79 Å². The fraction of sp³-hybridized carbons (Fsp3) is 0.235. The number of carbonyl (C=O) groups excluding carboxylic acids is 1. The number of amides is 1.